The number of carbonyl (C=O) groups is 2. The van der Waals surface area contributed by atoms with Gasteiger partial charge in [0.1, 0.15) is 5.75 Å². The molecule has 9 rings (SSSR count). The Hall–Kier alpha value is -3.46. The highest BCUT2D eigenvalue weighted by molar-refractivity contribution is 6.10. The fourth-order valence-corrected chi connectivity index (χ4v) is 11.8. The van der Waals surface area contributed by atoms with Crippen LogP contribution in [0, 0.1) is 33.5 Å². The van der Waals surface area contributed by atoms with Crippen LogP contribution in [0.3, 0.4) is 0 Å². The molecule has 1 unspecified atom stereocenters. The quantitative estimate of drug-likeness (QED) is 0.201. The molecule has 1 heterocycles. The second-order valence-electron chi connectivity index (χ2n) is 16.7. The third-order valence-electron chi connectivity index (χ3n) is 14.5. The minimum Gasteiger partial charge on any atom is -0.497 e. The predicted octanol–water partition coefficient (Wildman–Crippen LogP) is 7.18. The third kappa shape index (κ3) is 4.88. The van der Waals surface area contributed by atoms with Gasteiger partial charge in [0.05, 0.1) is 31.5 Å². The largest absolute Gasteiger partial charge is 0.497 e. The van der Waals surface area contributed by atoms with Gasteiger partial charge in [0.15, 0.2) is 5.78 Å². The van der Waals surface area contributed by atoms with Gasteiger partial charge >= 0.3 is 6.03 Å². The van der Waals surface area contributed by atoms with Gasteiger partial charge in [0, 0.05) is 46.2 Å². The highest BCUT2D eigenvalue weighted by Gasteiger charge is 2.74. The molecular weight excluding hydrogens is 628 g/mol. The Morgan fingerprint density at radius 2 is 1.66 bits per heavy atom. The van der Waals surface area contributed by atoms with Crippen molar-refractivity contribution in [3.05, 3.63) is 84.0 Å². The topological polar surface area (TPSA) is 108 Å². The maximum absolute atomic E-state index is 14.8. The molecule has 2 aromatic rings. The number of ketones is 1. The zero-order chi connectivity index (χ0) is 34.9. The van der Waals surface area contributed by atoms with E-state index >= 15 is 0 Å². The number of aliphatic hydroxyl groups excluding tert-OH is 1. The number of urea groups is 1. The van der Waals surface area contributed by atoms with Crippen molar-refractivity contribution in [1.29, 1.82) is 0 Å². The van der Waals surface area contributed by atoms with Crippen molar-refractivity contribution in [3.8, 4) is 5.75 Å². The standard InChI is InChI=1S/C42H52N2O6/c1-38-18-15-30(45)24-40(38)21-22-42(33(25-40)36(46)28-11-13-31(49-3)14-12-28)34(38)16-19-39(2)35(42)17-20-41(39,48)27-44(26-32-10-7-23-50-32)37(47)43-29-8-5-4-6-9-29/h4-6,8-9,11-14,21-22,25,30,32,34-35,45,48H,7,10,15-20,23-24,26-27H2,1-3H3,(H,43,47)/t30?,32-,34-,35-,38-,39+,40+,41-,42-/m1/s1. The highest BCUT2D eigenvalue weighted by atomic mass is 16.5. The minimum atomic E-state index is -1.16. The second-order valence-corrected chi connectivity index (χ2v) is 16.7. The first kappa shape index (κ1) is 33.7. The summed E-state index contributed by atoms with van der Waals surface area (Å²) in [6.07, 6.45) is 13.5. The Bertz CT molecular complexity index is 1700. The van der Waals surface area contributed by atoms with Crippen LogP contribution in [0.25, 0.3) is 0 Å². The van der Waals surface area contributed by atoms with Crippen LogP contribution in [0.5, 0.6) is 5.75 Å². The van der Waals surface area contributed by atoms with Gasteiger partial charge in [-0.3, -0.25) is 4.79 Å². The van der Waals surface area contributed by atoms with Crippen LogP contribution in [0.1, 0.15) is 82.0 Å². The molecule has 50 heavy (non-hydrogen) atoms. The molecule has 1 aliphatic heterocycles. The second kappa shape index (κ2) is 12.1. The summed E-state index contributed by atoms with van der Waals surface area (Å²) in [4.78, 5) is 30.6. The number of carbonyl (C=O) groups excluding carboxylic acids is 2. The molecule has 2 bridgehead atoms. The molecule has 8 heteroatoms. The van der Waals surface area contributed by atoms with Gasteiger partial charge in [-0.25, -0.2) is 4.79 Å². The summed E-state index contributed by atoms with van der Waals surface area (Å²) in [7, 11) is 1.62. The fourth-order valence-electron chi connectivity index (χ4n) is 11.8. The molecule has 2 aromatic carbocycles. The fraction of sp³-hybridized carbons (Fsp3) is 0.571. The molecule has 0 aromatic heterocycles. The van der Waals surface area contributed by atoms with E-state index in [0.717, 1.165) is 50.5 Å². The monoisotopic (exact) mass is 680 g/mol. The molecule has 6 aliphatic carbocycles. The molecule has 1 saturated heterocycles. The summed E-state index contributed by atoms with van der Waals surface area (Å²) in [6, 6.07) is 16.6. The molecule has 266 valence electrons. The number of anilines is 1. The van der Waals surface area contributed by atoms with Crippen molar-refractivity contribution in [2.45, 2.75) is 89.4 Å². The number of hydrogen-bond acceptors (Lipinski definition) is 6. The van der Waals surface area contributed by atoms with Gasteiger partial charge in [-0.1, -0.05) is 50.3 Å². The smallest absolute Gasteiger partial charge is 0.322 e. The summed E-state index contributed by atoms with van der Waals surface area (Å²) in [6.45, 7) is 5.92. The molecule has 2 amide bonds. The number of Topliss-reactive ketones (excluding diaryl/α,β-unsaturated/α-hetero) is 1. The first-order chi connectivity index (χ1) is 24.0. The molecule has 8 nitrogen and oxygen atoms in total. The number of rotatable bonds is 8. The molecule has 3 saturated carbocycles. The molecule has 7 aliphatic rings. The third-order valence-corrected chi connectivity index (χ3v) is 14.5. The lowest BCUT2D eigenvalue weighted by molar-refractivity contribution is -0.175. The van der Waals surface area contributed by atoms with Gasteiger partial charge in [-0.15, -0.1) is 0 Å². The Morgan fingerprint density at radius 3 is 2.38 bits per heavy atom. The highest BCUT2D eigenvalue weighted by Crippen LogP contribution is 2.78. The van der Waals surface area contributed by atoms with E-state index < -0.39 is 27.9 Å². The molecule has 3 N–H and O–H groups in total. The normalized spacial score (nSPS) is 39.6. The average Bonchev–Trinajstić information content (AvgIpc) is 3.73. The maximum atomic E-state index is 14.8. The number of amides is 2. The van der Waals surface area contributed by atoms with E-state index in [9.17, 15) is 19.8 Å². The summed E-state index contributed by atoms with van der Waals surface area (Å²) < 4.78 is 11.4. The van der Waals surface area contributed by atoms with E-state index in [2.05, 4.69) is 37.4 Å². The summed E-state index contributed by atoms with van der Waals surface area (Å²) in [5.74, 6) is 0.908. The van der Waals surface area contributed by atoms with Crippen molar-refractivity contribution in [2.24, 2.45) is 33.5 Å². The van der Waals surface area contributed by atoms with Crippen molar-refractivity contribution in [2.75, 3.05) is 32.1 Å². The predicted molar refractivity (Wildman–Crippen MR) is 192 cm³/mol. The van der Waals surface area contributed by atoms with Gasteiger partial charge in [0.2, 0.25) is 0 Å². The summed E-state index contributed by atoms with van der Waals surface area (Å²) in [5, 5.41) is 27.1. The van der Waals surface area contributed by atoms with E-state index in [0.29, 0.717) is 43.0 Å². The number of aliphatic hydroxyl groups is 2. The minimum absolute atomic E-state index is 0.00723. The summed E-state index contributed by atoms with van der Waals surface area (Å²) in [5.41, 5.74) is -0.648. The van der Waals surface area contributed by atoms with Crippen LogP contribution < -0.4 is 10.1 Å². The average molecular weight is 681 g/mol. The van der Waals surface area contributed by atoms with E-state index in [4.69, 9.17) is 9.47 Å². The first-order valence-electron chi connectivity index (χ1n) is 18.7. The number of ether oxygens (including phenoxy) is 2. The number of methoxy groups -OCH3 is 1. The Morgan fingerprint density at radius 1 is 0.940 bits per heavy atom. The van der Waals surface area contributed by atoms with Crippen molar-refractivity contribution in [1.82, 2.24) is 4.90 Å². The molecular formula is C42H52N2O6. The number of fused-ring (bicyclic) bond motifs is 1. The number of allylic oxidation sites excluding steroid dienone is 4. The lowest BCUT2D eigenvalue weighted by Gasteiger charge is -2.71. The van der Waals surface area contributed by atoms with Crippen LogP contribution in [-0.4, -0.2) is 71.5 Å². The van der Waals surface area contributed by atoms with Crippen molar-refractivity contribution in [3.63, 3.8) is 0 Å². The Labute approximate surface area is 295 Å². The van der Waals surface area contributed by atoms with Crippen LogP contribution in [0.2, 0.25) is 0 Å². The van der Waals surface area contributed by atoms with E-state index in [1.54, 1.807) is 12.0 Å². The number of para-hydroxylation sites is 1. The lowest BCUT2D eigenvalue weighted by Crippen LogP contribution is -2.67. The van der Waals surface area contributed by atoms with Crippen molar-refractivity contribution < 1.29 is 29.3 Å². The zero-order valence-corrected chi connectivity index (χ0v) is 29.7. The Kier molecular flexibility index (Phi) is 8.12. The molecule has 9 atom stereocenters. The van der Waals surface area contributed by atoms with Gasteiger partial charge in [-0.2, -0.15) is 0 Å². The number of benzene rings is 2. The molecule has 2 spiro atoms. The van der Waals surface area contributed by atoms with Crippen molar-refractivity contribution >= 4 is 17.5 Å². The summed E-state index contributed by atoms with van der Waals surface area (Å²) >= 11 is 0. The van der Waals surface area contributed by atoms with Crippen LogP contribution in [0.15, 0.2) is 78.4 Å². The van der Waals surface area contributed by atoms with E-state index in [1.165, 1.54) is 0 Å². The zero-order valence-electron chi connectivity index (χ0n) is 29.7. The van der Waals surface area contributed by atoms with Gasteiger partial charge < -0.3 is 29.9 Å². The SMILES string of the molecule is COc1ccc(C(=O)C2=C[C@@]34C=C[C@@]25[C@@H]2CC[C@@](O)(CN(C[C@H]6CCCO6)C(=O)Nc6ccccc6)[C@@]2(C)CC[C@@H]5[C@@]3(C)CCC(O)C4)cc1. The first-order valence-corrected chi connectivity index (χ1v) is 18.7. The Balaban J connectivity index is 1.18. The van der Waals surface area contributed by atoms with Crippen LogP contribution in [-0.2, 0) is 4.74 Å². The van der Waals surface area contributed by atoms with E-state index in [-0.39, 0.29) is 41.7 Å². The van der Waals surface area contributed by atoms with Crippen LogP contribution >= 0.6 is 0 Å². The van der Waals surface area contributed by atoms with E-state index in [1.807, 2.05) is 54.6 Å². The van der Waals surface area contributed by atoms with Crippen LogP contribution in [0.4, 0.5) is 10.5 Å². The number of hydrogen-bond donors (Lipinski definition) is 3. The van der Waals surface area contributed by atoms with Gasteiger partial charge in [-0.05, 0) is 111 Å². The van der Waals surface area contributed by atoms with Gasteiger partial charge in [0.25, 0.3) is 0 Å². The number of nitrogens with one attached hydrogen (secondary N) is 1. The molecule has 0 radical (unpaired) electrons. The lowest BCUT2D eigenvalue weighted by atomic mass is 9.32. The molecule has 4 fully saturated rings. The maximum Gasteiger partial charge on any atom is 0.322 e. The number of nitrogens with zero attached hydrogens (tertiary/aromatic N) is 1.